The van der Waals surface area contributed by atoms with Gasteiger partial charge in [0.05, 0.1) is 6.10 Å². The lowest BCUT2D eigenvalue weighted by molar-refractivity contribution is 0.137. The first kappa shape index (κ1) is 8.62. The topological polar surface area (TPSA) is 20.2 Å². The Morgan fingerprint density at radius 3 is 2.55 bits per heavy atom. The molecule has 0 aromatic carbocycles. The van der Waals surface area contributed by atoms with Gasteiger partial charge in [0.25, 0.3) is 0 Å². The Labute approximate surface area is 68.8 Å². The molecule has 1 fully saturated rings. The van der Waals surface area contributed by atoms with Crippen molar-refractivity contribution in [1.82, 2.24) is 0 Å². The maximum atomic E-state index is 9.13. The Morgan fingerprint density at radius 1 is 1.45 bits per heavy atom. The van der Waals surface area contributed by atoms with Crippen LogP contribution in [0.3, 0.4) is 0 Å². The summed E-state index contributed by atoms with van der Waals surface area (Å²) < 4.78 is 0. The van der Waals surface area contributed by atoms with Gasteiger partial charge >= 0.3 is 0 Å². The van der Waals surface area contributed by atoms with E-state index in [1.807, 2.05) is 13.8 Å². The van der Waals surface area contributed by atoms with Crippen LogP contribution in [-0.4, -0.2) is 11.2 Å². The first-order valence-corrected chi connectivity index (χ1v) is 4.36. The van der Waals surface area contributed by atoms with E-state index in [2.05, 4.69) is 11.8 Å². The smallest absolute Gasteiger partial charge is 0.0546 e. The summed E-state index contributed by atoms with van der Waals surface area (Å²) in [4.78, 5) is 0. The van der Waals surface area contributed by atoms with Crippen molar-refractivity contribution < 1.29 is 5.11 Å². The second-order valence-electron chi connectivity index (χ2n) is 3.52. The van der Waals surface area contributed by atoms with E-state index in [4.69, 9.17) is 5.11 Å². The summed E-state index contributed by atoms with van der Waals surface area (Å²) in [6.07, 6.45) is 3.20. The molecule has 11 heavy (non-hydrogen) atoms. The number of aliphatic hydroxyl groups excluding tert-OH is 1. The van der Waals surface area contributed by atoms with Gasteiger partial charge in [-0.25, -0.2) is 0 Å². The zero-order valence-electron chi connectivity index (χ0n) is 7.30. The van der Waals surface area contributed by atoms with Crippen LogP contribution in [0, 0.1) is 23.7 Å². The number of aliphatic hydroxyl groups is 1. The highest BCUT2D eigenvalue weighted by Gasteiger charge is 2.17. The van der Waals surface area contributed by atoms with Gasteiger partial charge in [0.2, 0.25) is 0 Å². The van der Waals surface area contributed by atoms with Crippen LogP contribution < -0.4 is 0 Å². The van der Waals surface area contributed by atoms with Crippen LogP contribution in [0.2, 0.25) is 0 Å². The van der Waals surface area contributed by atoms with Gasteiger partial charge in [-0.2, -0.15) is 0 Å². The molecule has 1 aliphatic rings. The fourth-order valence-corrected chi connectivity index (χ4v) is 0.762. The van der Waals surface area contributed by atoms with Gasteiger partial charge in [0, 0.05) is 12.3 Å². The normalized spacial score (nSPS) is 21.7. The first-order chi connectivity index (χ1) is 5.20. The van der Waals surface area contributed by atoms with Crippen molar-refractivity contribution in [3.8, 4) is 11.8 Å². The van der Waals surface area contributed by atoms with E-state index in [-0.39, 0.29) is 6.10 Å². The number of hydrogen-bond donors (Lipinski definition) is 1. The van der Waals surface area contributed by atoms with Crippen LogP contribution in [0.4, 0.5) is 0 Å². The SMILES string of the molecule is CC(O)C(C)CC#CC1CC1. The summed E-state index contributed by atoms with van der Waals surface area (Å²) in [7, 11) is 0. The first-order valence-electron chi connectivity index (χ1n) is 4.36. The van der Waals surface area contributed by atoms with Gasteiger partial charge in [-0.1, -0.05) is 12.8 Å². The molecular weight excluding hydrogens is 136 g/mol. The average molecular weight is 152 g/mol. The third kappa shape index (κ3) is 3.43. The van der Waals surface area contributed by atoms with Crippen LogP contribution in [0.15, 0.2) is 0 Å². The molecule has 0 bridgehead atoms. The minimum absolute atomic E-state index is 0.219. The monoisotopic (exact) mass is 152 g/mol. The van der Waals surface area contributed by atoms with Crippen molar-refractivity contribution in [3.05, 3.63) is 0 Å². The summed E-state index contributed by atoms with van der Waals surface area (Å²) in [5.41, 5.74) is 0. The van der Waals surface area contributed by atoms with Gasteiger partial charge in [0.1, 0.15) is 0 Å². The molecule has 0 saturated heterocycles. The molecule has 2 unspecified atom stereocenters. The maximum Gasteiger partial charge on any atom is 0.0546 e. The fraction of sp³-hybridized carbons (Fsp3) is 0.800. The lowest BCUT2D eigenvalue weighted by Gasteiger charge is -2.09. The van der Waals surface area contributed by atoms with Crippen LogP contribution in [0.25, 0.3) is 0 Å². The highest BCUT2D eigenvalue weighted by Crippen LogP contribution is 2.27. The molecule has 0 aromatic heterocycles. The van der Waals surface area contributed by atoms with E-state index in [1.165, 1.54) is 12.8 Å². The minimum Gasteiger partial charge on any atom is -0.393 e. The third-order valence-corrected chi connectivity index (χ3v) is 2.13. The Hall–Kier alpha value is -0.480. The third-order valence-electron chi connectivity index (χ3n) is 2.13. The molecule has 1 saturated carbocycles. The lowest BCUT2D eigenvalue weighted by Crippen LogP contribution is -2.11. The van der Waals surface area contributed by atoms with Crippen LogP contribution in [0.5, 0.6) is 0 Å². The molecule has 0 amide bonds. The molecule has 0 aliphatic heterocycles. The molecule has 0 heterocycles. The van der Waals surface area contributed by atoms with Crippen LogP contribution >= 0.6 is 0 Å². The quantitative estimate of drug-likeness (QED) is 0.598. The Morgan fingerprint density at radius 2 is 2.09 bits per heavy atom. The van der Waals surface area contributed by atoms with Crippen molar-refractivity contribution in [2.75, 3.05) is 0 Å². The predicted molar refractivity (Wildman–Crippen MR) is 46.0 cm³/mol. The summed E-state index contributed by atoms with van der Waals surface area (Å²) >= 11 is 0. The summed E-state index contributed by atoms with van der Waals surface area (Å²) in [6, 6.07) is 0. The van der Waals surface area contributed by atoms with E-state index < -0.39 is 0 Å². The van der Waals surface area contributed by atoms with E-state index in [0.29, 0.717) is 11.8 Å². The zero-order chi connectivity index (χ0) is 8.27. The molecule has 0 radical (unpaired) electrons. The Kier molecular flexibility index (Phi) is 2.96. The summed E-state index contributed by atoms with van der Waals surface area (Å²) in [6.45, 7) is 3.86. The van der Waals surface area contributed by atoms with Crippen molar-refractivity contribution in [3.63, 3.8) is 0 Å². The van der Waals surface area contributed by atoms with Crippen molar-refractivity contribution in [1.29, 1.82) is 0 Å². The van der Waals surface area contributed by atoms with Gasteiger partial charge in [-0.3, -0.25) is 0 Å². The zero-order valence-corrected chi connectivity index (χ0v) is 7.30. The molecule has 1 nitrogen and oxygen atoms in total. The van der Waals surface area contributed by atoms with Crippen LogP contribution in [0.1, 0.15) is 33.1 Å². The lowest BCUT2D eigenvalue weighted by atomic mass is 10.0. The number of rotatable bonds is 2. The average Bonchev–Trinajstić information content (AvgIpc) is 2.71. The standard InChI is InChI=1S/C10H16O/c1-8(9(2)11)4-3-5-10-6-7-10/h8-11H,4,6-7H2,1-2H3. The molecule has 0 aromatic rings. The van der Waals surface area contributed by atoms with E-state index in [9.17, 15) is 0 Å². The van der Waals surface area contributed by atoms with Gasteiger partial charge in [0.15, 0.2) is 0 Å². The summed E-state index contributed by atoms with van der Waals surface area (Å²) in [5.74, 6) is 7.31. The predicted octanol–water partition coefficient (Wildman–Crippen LogP) is 1.81. The van der Waals surface area contributed by atoms with E-state index >= 15 is 0 Å². The fourth-order valence-electron chi connectivity index (χ4n) is 0.762. The van der Waals surface area contributed by atoms with Crippen molar-refractivity contribution >= 4 is 0 Å². The van der Waals surface area contributed by atoms with Crippen LogP contribution in [-0.2, 0) is 0 Å². The van der Waals surface area contributed by atoms with E-state index in [0.717, 1.165) is 6.42 Å². The highest BCUT2D eigenvalue weighted by molar-refractivity contribution is 5.09. The largest absolute Gasteiger partial charge is 0.393 e. The molecular formula is C10H16O. The summed E-state index contributed by atoms with van der Waals surface area (Å²) in [5, 5.41) is 9.13. The second kappa shape index (κ2) is 3.78. The minimum atomic E-state index is -0.219. The molecule has 0 spiro atoms. The second-order valence-corrected chi connectivity index (χ2v) is 3.52. The molecule has 62 valence electrons. The van der Waals surface area contributed by atoms with Gasteiger partial charge in [-0.05, 0) is 25.7 Å². The van der Waals surface area contributed by atoms with Gasteiger partial charge in [-0.15, -0.1) is 5.92 Å². The van der Waals surface area contributed by atoms with Crippen molar-refractivity contribution in [2.24, 2.45) is 11.8 Å². The number of hydrogen-bond acceptors (Lipinski definition) is 1. The Bertz CT molecular complexity index is 169. The molecule has 1 N–H and O–H groups in total. The highest BCUT2D eigenvalue weighted by atomic mass is 16.3. The van der Waals surface area contributed by atoms with Gasteiger partial charge < -0.3 is 5.11 Å². The Balaban J connectivity index is 2.15. The molecule has 1 aliphatic carbocycles. The maximum absolute atomic E-state index is 9.13. The molecule has 2 atom stereocenters. The van der Waals surface area contributed by atoms with E-state index in [1.54, 1.807) is 0 Å². The molecule has 1 heteroatoms. The molecule has 1 rings (SSSR count). The van der Waals surface area contributed by atoms with Crippen molar-refractivity contribution in [2.45, 2.75) is 39.2 Å².